The number of nitrogens with one attached hydrogen (secondary N) is 1. The number of hydrogen-bond acceptors (Lipinski definition) is 3. The second kappa shape index (κ2) is 7.51. The topological polar surface area (TPSA) is 55.9 Å². The van der Waals surface area contributed by atoms with Gasteiger partial charge in [-0.15, -0.1) is 0 Å². The van der Waals surface area contributed by atoms with Crippen LogP contribution in [0.1, 0.15) is 45.4 Å². The Hall–Kier alpha value is -1.30. The van der Waals surface area contributed by atoms with Crippen LogP contribution in [0.25, 0.3) is 0 Å². The van der Waals surface area contributed by atoms with Crippen LogP contribution in [0.3, 0.4) is 0 Å². The molecule has 3 fully saturated rings. The van der Waals surface area contributed by atoms with Crippen molar-refractivity contribution in [3.05, 3.63) is 0 Å². The highest BCUT2D eigenvalue weighted by Crippen LogP contribution is 2.21. The standard InChI is InChI=1S/C17H30N4O2/c1-14(16(22)20-9-4-2-3-5-10-20)19-11-6-15(7-12-19)21-13-8-18-17(21)23/h14-15H,2-13H2,1H3,(H,18,23)/t14-/m1/s1. The first kappa shape index (κ1) is 16.6. The van der Waals surface area contributed by atoms with Crippen molar-refractivity contribution in [3.8, 4) is 0 Å². The molecule has 3 aliphatic rings. The zero-order valence-electron chi connectivity index (χ0n) is 14.3. The van der Waals surface area contributed by atoms with Gasteiger partial charge in [-0.2, -0.15) is 0 Å². The number of hydrogen-bond donors (Lipinski definition) is 1. The Labute approximate surface area is 139 Å². The first-order chi connectivity index (χ1) is 11.2. The second-order valence-corrected chi connectivity index (χ2v) is 7.11. The molecule has 0 radical (unpaired) electrons. The van der Waals surface area contributed by atoms with Crippen LogP contribution in [0.2, 0.25) is 0 Å². The molecule has 23 heavy (non-hydrogen) atoms. The molecule has 0 saturated carbocycles. The van der Waals surface area contributed by atoms with Crippen LogP contribution in [0.15, 0.2) is 0 Å². The number of carbonyl (C=O) groups is 2. The van der Waals surface area contributed by atoms with E-state index in [1.807, 2.05) is 4.90 Å². The molecule has 0 aromatic heterocycles. The SMILES string of the molecule is C[C@H](C(=O)N1CCCCCC1)N1CCC(N2CCNC2=O)CC1. The minimum absolute atomic E-state index is 0.0264. The lowest BCUT2D eigenvalue weighted by Gasteiger charge is -2.39. The summed E-state index contributed by atoms with van der Waals surface area (Å²) in [6.45, 7) is 7.32. The van der Waals surface area contributed by atoms with E-state index in [0.717, 1.165) is 65.0 Å². The maximum absolute atomic E-state index is 12.7. The van der Waals surface area contributed by atoms with E-state index in [1.165, 1.54) is 12.8 Å². The molecule has 1 atom stereocenters. The fourth-order valence-electron chi connectivity index (χ4n) is 4.13. The fraction of sp³-hybridized carbons (Fsp3) is 0.882. The molecule has 3 rings (SSSR count). The van der Waals surface area contributed by atoms with Crippen LogP contribution in [-0.2, 0) is 4.79 Å². The van der Waals surface area contributed by atoms with E-state index >= 15 is 0 Å². The Morgan fingerprint density at radius 1 is 1.04 bits per heavy atom. The van der Waals surface area contributed by atoms with Gasteiger partial charge >= 0.3 is 6.03 Å². The summed E-state index contributed by atoms with van der Waals surface area (Å²) >= 11 is 0. The predicted octanol–water partition coefficient (Wildman–Crippen LogP) is 1.27. The number of nitrogens with zero attached hydrogens (tertiary/aromatic N) is 3. The minimum Gasteiger partial charge on any atom is -0.341 e. The van der Waals surface area contributed by atoms with Crippen LogP contribution in [0.5, 0.6) is 0 Å². The Bertz CT molecular complexity index is 426. The van der Waals surface area contributed by atoms with E-state index in [2.05, 4.69) is 22.0 Å². The van der Waals surface area contributed by atoms with Gasteiger partial charge in [0.05, 0.1) is 6.04 Å². The quantitative estimate of drug-likeness (QED) is 0.851. The second-order valence-electron chi connectivity index (χ2n) is 7.11. The van der Waals surface area contributed by atoms with E-state index in [4.69, 9.17) is 0 Å². The largest absolute Gasteiger partial charge is 0.341 e. The molecule has 0 aliphatic carbocycles. The van der Waals surface area contributed by atoms with Crippen molar-refractivity contribution in [1.82, 2.24) is 20.0 Å². The zero-order chi connectivity index (χ0) is 16.2. The first-order valence-electron chi connectivity index (χ1n) is 9.24. The molecule has 0 aromatic rings. The van der Waals surface area contributed by atoms with Crippen molar-refractivity contribution in [2.45, 2.75) is 57.5 Å². The monoisotopic (exact) mass is 322 g/mol. The summed E-state index contributed by atoms with van der Waals surface area (Å²) in [6.07, 6.45) is 6.74. The molecule has 0 aromatic carbocycles. The van der Waals surface area contributed by atoms with Crippen molar-refractivity contribution >= 4 is 11.9 Å². The predicted molar refractivity (Wildman–Crippen MR) is 89.2 cm³/mol. The summed E-state index contributed by atoms with van der Waals surface area (Å²) in [5.41, 5.74) is 0. The molecule has 3 saturated heterocycles. The number of rotatable bonds is 3. The van der Waals surface area contributed by atoms with Crippen molar-refractivity contribution in [2.75, 3.05) is 39.3 Å². The summed E-state index contributed by atoms with van der Waals surface area (Å²) in [6, 6.07) is 0.396. The molecule has 6 nitrogen and oxygen atoms in total. The summed E-state index contributed by atoms with van der Waals surface area (Å²) in [4.78, 5) is 30.9. The van der Waals surface area contributed by atoms with E-state index in [1.54, 1.807) is 0 Å². The lowest BCUT2D eigenvalue weighted by atomic mass is 10.0. The van der Waals surface area contributed by atoms with Gasteiger partial charge in [0, 0.05) is 45.3 Å². The highest BCUT2D eigenvalue weighted by molar-refractivity contribution is 5.81. The number of urea groups is 1. The van der Waals surface area contributed by atoms with Gasteiger partial charge in [0.1, 0.15) is 0 Å². The number of amides is 3. The van der Waals surface area contributed by atoms with Gasteiger partial charge in [0.25, 0.3) is 0 Å². The number of carbonyl (C=O) groups excluding carboxylic acids is 2. The van der Waals surface area contributed by atoms with Crippen LogP contribution in [-0.4, -0.2) is 78.0 Å². The summed E-state index contributed by atoms with van der Waals surface area (Å²) in [5, 5.41) is 2.88. The molecule has 0 unspecified atom stereocenters. The van der Waals surface area contributed by atoms with Crippen LogP contribution in [0, 0.1) is 0 Å². The van der Waals surface area contributed by atoms with Gasteiger partial charge in [-0.3, -0.25) is 9.69 Å². The lowest BCUT2D eigenvalue weighted by Crippen LogP contribution is -2.53. The molecule has 3 heterocycles. The van der Waals surface area contributed by atoms with Gasteiger partial charge in [-0.05, 0) is 32.6 Å². The average Bonchev–Trinajstić information content (AvgIpc) is 2.84. The molecule has 1 N–H and O–H groups in total. The summed E-state index contributed by atoms with van der Waals surface area (Å²) in [5.74, 6) is 0.296. The fourth-order valence-corrected chi connectivity index (χ4v) is 4.13. The van der Waals surface area contributed by atoms with E-state index in [0.29, 0.717) is 11.9 Å². The molecular weight excluding hydrogens is 292 g/mol. The van der Waals surface area contributed by atoms with Crippen molar-refractivity contribution in [2.24, 2.45) is 0 Å². The third kappa shape index (κ3) is 3.79. The Kier molecular flexibility index (Phi) is 5.41. The third-order valence-corrected chi connectivity index (χ3v) is 5.65. The van der Waals surface area contributed by atoms with Crippen molar-refractivity contribution < 1.29 is 9.59 Å². The summed E-state index contributed by atoms with van der Waals surface area (Å²) in [7, 11) is 0. The Morgan fingerprint density at radius 2 is 1.70 bits per heavy atom. The molecule has 0 bridgehead atoms. The van der Waals surface area contributed by atoms with Gasteiger partial charge in [-0.25, -0.2) is 4.79 Å². The molecule has 3 amide bonds. The van der Waals surface area contributed by atoms with Crippen LogP contribution >= 0.6 is 0 Å². The Morgan fingerprint density at radius 3 is 2.26 bits per heavy atom. The third-order valence-electron chi connectivity index (χ3n) is 5.65. The molecule has 0 spiro atoms. The van der Waals surface area contributed by atoms with Gasteiger partial charge < -0.3 is 15.1 Å². The highest BCUT2D eigenvalue weighted by Gasteiger charge is 2.34. The van der Waals surface area contributed by atoms with E-state index in [9.17, 15) is 9.59 Å². The smallest absolute Gasteiger partial charge is 0.317 e. The van der Waals surface area contributed by atoms with Crippen molar-refractivity contribution in [3.63, 3.8) is 0 Å². The minimum atomic E-state index is -0.0264. The van der Waals surface area contributed by atoms with Crippen LogP contribution < -0.4 is 5.32 Å². The highest BCUT2D eigenvalue weighted by atomic mass is 16.2. The van der Waals surface area contributed by atoms with Gasteiger partial charge in [-0.1, -0.05) is 12.8 Å². The number of piperidine rings is 1. The van der Waals surface area contributed by atoms with Crippen molar-refractivity contribution in [1.29, 1.82) is 0 Å². The Balaban J connectivity index is 1.50. The maximum atomic E-state index is 12.7. The maximum Gasteiger partial charge on any atom is 0.317 e. The number of likely N-dealkylation sites (tertiary alicyclic amines) is 2. The molecule has 3 aliphatic heterocycles. The van der Waals surface area contributed by atoms with E-state index < -0.39 is 0 Å². The van der Waals surface area contributed by atoms with Gasteiger partial charge in [0.2, 0.25) is 5.91 Å². The normalized spacial score (nSPS) is 26.0. The molecule has 130 valence electrons. The van der Waals surface area contributed by atoms with Crippen LogP contribution in [0.4, 0.5) is 4.79 Å². The zero-order valence-corrected chi connectivity index (χ0v) is 14.3. The summed E-state index contributed by atoms with van der Waals surface area (Å²) < 4.78 is 0. The average molecular weight is 322 g/mol. The lowest BCUT2D eigenvalue weighted by molar-refractivity contribution is -0.137. The molecule has 6 heteroatoms. The van der Waals surface area contributed by atoms with Gasteiger partial charge in [0.15, 0.2) is 0 Å². The van der Waals surface area contributed by atoms with E-state index in [-0.39, 0.29) is 12.1 Å². The first-order valence-corrected chi connectivity index (χ1v) is 9.24. The molecular formula is C17H30N4O2.